The van der Waals surface area contributed by atoms with Crippen molar-refractivity contribution >= 4 is 11.9 Å². The van der Waals surface area contributed by atoms with Crippen LogP contribution in [0, 0.1) is 25.6 Å². The molecule has 2 N–H and O–H groups in total. The number of hydrogen-bond acceptors (Lipinski definition) is 4. The molecule has 2 aromatic carbocycles. The lowest BCUT2D eigenvalue weighted by Gasteiger charge is -2.27. The summed E-state index contributed by atoms with van der Waals surface area (Å²) in [5, 5.41) is 12.8. The summed E-state index contributed by atoms with van der Waals surface area (Å²) < 4.78 is 59.1. The van der Waals surface area contributed by atoms with Gasteiger partial charge >= 0.3 is 12.1 Å². The molecule has 0 spiro atoms. The summed E-state index contributed by atoms with van der Waals surface area (Å²) in [6.07, 6.45) is 2.91. The first-order valence-electron chi connectivity index (χ1n) is 16.3. The van der Waals surface area contributed by atoms with Gasteiger partial charge in [-0.2, -0.15) is 13.2 Å². The number of halogens is 4. The number of carboxylic acid groups (broad SMARTS) is 1. The van der Waals surface area contributed by atoms with Crippen molar-refractivity contribution in [1.29, 1.82) is 0 Å². The van der Waals surface area contributed by atoms with Crippen molar-refractivity contribution < 1.29 is 32.3 Å². The highest BCUT2D eigenvalue weighted by atomic mass is 19.4. The molecule has 0 saturated heterocycles. The summed E-state index contributed by atoms with van der Waals surface area (Å²) in [5.74, 6) is -2.36. The number of fused-ring (bicyclic) bond motifs is 1. The van der Waals surface area contributed by atoms with Crippen molar-refractivity contribution in [2.24, 2.45) is 5.92 Å². The molecule has 1 aliphatic rings. The molecule has 260 valence electrons. The fraction of sp³-hybridized carbons (Fsp3) is 0.405. The van der Waals surface area contributed by atoms with E-state index in [2.05, 4.69) is 10.3 Å². The van der Waals surface area contributed by atoms with Crippen molar-refractivity contribution in [3.63, 3.8) is 0 Å². The van der Waals surface area contributed by atoms with Gasteiger partial charge in [-0.1, -0.05) is 19.9 Å². The van der Waals surface area contributed by atoms with Crippen LogP contribution in [-0.4, -0.2) is 31.1 Å². The average Bonchev–Trinajstić information content (AvgIpc) is 3.70. The van der Waals surface area contributed by atoms with Crippen molar-refractivity contribution in [1.82, 2.24) is 19.4 Å². The summed E-state index contributed by atoms with van der Waals surface area (Å²) in [4.78, 5) is 43.5. The number of aliphatic carboxylic acids is 1. The summed E-state index contributed by atoms with van der Waals surface area (Å²) in [6, 6.07) is 4.94. The molecule has 2 aromatic heterocycles. The Morgan fingerprint density at radius 2 is 1.78 bits per heavy atom. The van der Waals surface area contributed by atoms with Gasteiger partial charge in [0, 0.05) is 31.2 Å². The van der Waals surface area contributed by atoms with E-state index in [1.54, 1.807) is 10.8 Å². The van der Waals surface area contributed by atoms with Crippen molar-refractivity contribution in [2.75, 3.05) is 0 Å². The SMILES string of the molecule is Cc1cc(F)cc(C)c1-c1cc(C(CC(=O)O)NC(=O)[C@@H](CC(C)C)n2cc(CCn3ccnc3)c(C(F)(F)F)cc2=O)cc2c1CCC2. The van der Waals surface area contributed by atoms with Crippen molar-refractivity contribution in [2.45, 2.75) is 91.0 Å². The monoisotopic (exact) mass is 680 g/mol. The number of aromatic nitrogens is 3. The smallest absolute Gasteiger partial charge is 0.416 e. The summed E-state index contributed by atoms with van der Waals surface area (Å²) in [5.41, 5.74) is 3.59. The van der Waals surface area contributed by atoms with E-state index in [1.165, 1.54) is 24.7 Å². The predicted octanol–water partition coefficient (Wildman–Crippen LogP) is 7.14. The van der Waals surface area contributed by atoms with Crippen LogP contribution in [0.4, 0.5) is 17.6 Å². The Kier molecular flexibility index (Phi) is 10.4. The van der Waals surface area contributed by atoms with Crippen LogP contribution in [0.2, 0.25) is 0 Å². The van der Waals surface area contributed by atoms with Crippen LogP contribution in [0.25, 0.3) is 11.1 Å². The molecule has 8 nitrogen and oxygen atoms in total. The molecule has 0 saturated carbocycles. The number of hydrogen-bond donors (Lipinski definition) is 2. The fourth-order valence-corrected chi connectivity index (χ4v) is 6.95. The maximum absolute atomic E-state index is 14.2. The summed E-state index contributed by atoms with van der Waals surface area (Å²) >= 11 is 0. The molecule has 5 rings (SSSR count). The second-order valence-corrected chi connectivity index (χ2v) is 13.3. The first-order valence-corrected chi connectivity index (χ1v) is 16.3. The highest BCUT2D eigenvalue weighted by molar-refractivity contribution is 5.82. The van der Waals surface area contributed by atoms with Gasteiger partial charge in [-0.15, -0.1) is 0 Å². The molecule has 4 aromatic rings. The zero-order valence-corrected chi connectivity index (χ0v) is 27.9. The number of carbonyl (C=O) groups is 2. The molecule has 2 heterocycles. The van der Waals surface area contributed by atoms with Crippen LogP contribution >= 0.6 is 0 Å². The largest absolute Gasteiger partial charge is 0.481 e. The highest BCUT2D eigenvalue weighted by Crippen LogP contribution is 2.39. The minimum Gasteiger partial charge on any atom is -0.481 e. The first kappa shape index (κ1) is 35.6. The molecule has 1 amide bonds. The van der Waals surface area contributed by atoms with Gasteiger partial charge in [0.25, 0.3) is 5.56 Å². The number of aryl methyl sites for hydroxylation is 5. The Bertz CT molecular complexity index is 1890. The minimum atomic E-state index is -4.79. The van der Waals surface area contributed by atoms with Gasteiger partial charge in [0.2, 0.25) is 5.91 Å². The van der Waals surface area contributed by atoms with Gasteiger partial charge in [-0.3, -0.25) is 14.4 Å². The first-order chi connectivity index (χ1) is 23.1. The lowest BCUT2D eigenvalue weighted by Crippen LogP contribution is -2.40. The third-order valence-corrected chi connectivity index (χ3v) is 9.10. The molecule has 49 heavy (non-hydrogen) atoms. The molecular weight excluding hydrogens is 640 g/mol. The Morgan fingerprint density at radius 3 is 2.39 bits per heavy atom. The second-order valence-electron chi connectivity index (χ2n) is 13.3. The maximum Gasteiger partial charge on any atom is 0.416 e. The molecule has 0 aliphatic heterocycles. The molecule has 1 unspecified atom stereocenters. The Morgan fingerprint density at radius 1 is 1.06 bits per heavy atom. The zero-order valence-electron chi connectivity index (χ0n) is 27.9. The number of benzene rings is 2. The van der Waals surface area contributed by atoms with E-state index in [-0.39, 0.29) is 36.7 Å². The van der Waals surface area contributed by atoms with E-state index in [1.807, 2.05) is 39.8 Å². The minimum absolute atomic E-state index is 0.0801. The number of imidazole rings is 1. The van der Waals surface area contributed by atoms with E-state index in [4.69, 9.17) is 0 Å². The molecule has 2 atom stereocenters. The molecular formula is C37H40F4N4O4. The van der Waals surface area contributed by atoms with E-state index in [0.29, 0.717) is 11.6 Å². The fourth-order valence-electron chi connectivity index (χ4n) is 6.95. The van der Waals surface area contributed by atoms with Gasteiger partial charge in [0.1, 0.15) is 11.9 Å². The third kappa shape index (κ3) is 8.12. The van der Waals surface area contributed by atoms with Gasteiger partial charge in [-0.25, -0.2) is 9.37 Å². The van der Waals surface area contributed by atoms with Gasteiger partial charge in [-0.05, 0) is 115 Å². The molecule has 12 heteroatoms. The molecule has 0 radical (unpaired) electrons. The second kappa shape index (κ2) is 14.4. The maximum atomic E-state index is 14.2. The molecule has 0 bridgehead atoms. The van der Waals surface area contributed by atoms with Crippen LogP contribution < -0.4 is 10.9 Å². The highest BCUT2D eigenvalue weighted by Gasteiger charge is 2.36. The summed E-state index contributed by atoms with van der Waals surface area (Å²) in [7, 11) is 0. The standard InChI is InChI=1S/C37H40F4N4O4/c1-21(2)12-32(45-19-25(8-10-44-11-9-42-20-44)30(17-33(45)46)37(39,40)41)36(49)43-31(18-34(47)48)26-15-24-6-5-7-28(24)29(16-26)35-22(3)13-27(38)14-23(35)4/h9,11,13-17,19-21,31-32H,5-8,10,12,18H2,1-4H3,(H,43,49)(H,47,48)/t31?,32-/m1/s1. The number of nitrogens with zero attached hydrogens (tertiary/aromatic N) is 3. The predicted molar refractivity (Wildman–Crippen MR) is 177 cm³/mol. The molecule has 0 fully saturated rings. The lowest BCUT2D eigenvalue weighted by molar-refractivity contribution is -0.139. The Hall–Kier alpha value is -4.74. The number of amides is 1. The van der Waals surface area contributed by atoms with Gasteiger partial charge in [0.15, 0.2) is 0 Å². The zero-order chi connectivity index (χ0) is 35.6. The summed E-state index contributed by atoms with van der Waals surface area (Å²) in [6.45, 7) is 7.45. The van der Waals surface area contributed by atoms with Crippen LogP contribution in [0.15, 0.2) is 60.0 Å². The number of rotatable bonds is 12. The van der Waals surface area contributed by atoms with E-state index in [0.717, 1.165) is 63.4 Å². The molecule has 1 aliphatic carbocycles. The number of alkyl halides is 3. The Balaban J connectivity index is 1.56. The van der Waals surface area contributed by atoms with E-state index >= 15 is 0 Å². The topological polar surface area (TPSA) is 106 Å². The number of carbonyl (C=O) groups excluding carboxylic acids is 1. The normalized spacial score (nSPS) is 14.1. The van der Waals surface area contributed by atoms with E-state index < -0.39 is 47.7 Å². The number of carboxylic acids is 1. The Labute approximate surface area is 281 Å². The van der Waals surface area contributed by atoms with Crippen molar-refractivity contribution in [3.8, 4) is 11.1 Å². The van der Waals surface area contributed by atoms with Crippen LogP contribution in [0.3, 0.4) is 0 Å². The number of pyridine rings is 1. The quantitative estimate of drug-likeness (QED) is 0.155. The lowest BCUT2D eigenvalue weighted by atomic mass is 9.87. The van der Waals surface area contributed by atoms with Crippen LogP contribution in [0.5, 0.6) is 0 Å². The van der Waals surface area contributed by atoms with Crippen LogP contribution in [0.1, 0.15) is 84.1 Å². The van der Waals surface area contributed by atoms with Crippen molar-refractivity contribution in [3.05, 3.63) is 110 Å². The van der Waals surface area contributed by atoms with E-state index in [9.17, 15) is 37.1 Å². The van der Waals surface area contributed by atoms with Gasteiger partial charge < -0.3 is 19.6 Å². The van der Waals surface area contributed by atoms with Gasteiger partial charge in [0.05, 0.1) is 24.4 Å². The third-order valence-electron chi connectivity index (χ3n) is 9.10. The van der Waals surface area contributed by atoms with Crippen LogP contribution in [-0.2, 0) is 41.6 Å². The number of nitrogens with one attached hydrogen (secondary N) is 1. The average molecular weight is 681 g/mol.